The molecule has 19 heavy (non-hydrogen) atoms. The highest BCUT2D eigenvalue weighted by atomic mass is 79.9. The largest absolute Gasteiger partial charge is 0.397 e. The van der Waals surface area contributed by atoms with Gasteiger partial charge in [-0.25, -0.2) is 0 Å². The predicted molar refractivity (Wildman–Crippen MR) is 84.5 cm³/mol. The van der Waals surface area contributed by atoms with E-state index in [0.29, 0.717) is 16.9 Å². The third-order valence-corrected chi connectivity index (χ3v) is 3.88. The molecule has 0 heterocycles. The topological polar surface area (TPSA) is 81.1 Å². The van der Waals surface area contributed by atoms with E-state index in [0.717, 1.165) is 14.6 Å². The normalized spacial score (nSPS) is 10.2. The first-order valence-electron chi connectivity index (χ1n) is 5.39. The minimum atomic E-state index is -0.491. The summed E-state index contributed by atoms with van der Waals surface area (Å²) < 4.78 is 1.76. The van der Waals surface area contributed by atoms with Crippen molar-refractivity contribution >= 4 is 54.8 Å². The van der Waals surface area contributed by atoms with Gasteiger partial charge < -0.3 is 16.8 Å². The monoisotopic (exact) mass is 383 g/mol. The van der Waals surface area contributed by atoms with Crippen molar-refractivity contribution in [2.24, 2.45) is 5.73 Å². The molecule has 0 radical (unpaired) electrons. The molecule has 0 bridgehead atoms. The lowest BCUT2D eigenvalue weighted by molar-refractivity contribution is 0.100. The molecule has 0 aliphatic carbocycles. The number of carbonyl (C=O) groups excluding carboxylic acids is 1. The van der Waals surface area contributed by atoms with Crippen LogP contribution >= 0.6 is 31.9 Å². The molecular weight excluding hydrogens is 374 g/mol. The van der Waals surface area contributed by atoms with Crippen LogP contribution in [0.2, 0.25) is 0 Å². The third kappa shape index (κ3) is 3.08. The standard InChI is InChI=1S/C13H11Br2N3O/c14-8-2-1-3-9(15)12(8)18-11-6-7(13(17)19)4-5-10(11)16/h1-6,18H,16H2,(H2,17,19). The molecule has 2 aromatic rings. The maximum Gasteiger partial charge on any atom is 0.248 e. The fourth-order valence-electron chi connectivity index (χ4n) is 1.57. The summed E-state index contributed by atoms with van der Waals surface area (Å²) in [6, 6.07) is 10.6. The number of hydrogen-bond acceptors (Lipinski definition) is 3. The van der Waals surface area contributed by atoms with Gasteiger partial charge in [0.05, 0.1) is 17.1 Å². The van der Waals surface area contributed by atoms with Gasteiger partial charge in [-0.3, -0.25) is 4.79 Å². The van der Waals surface area contributed by atoms with Crippen molar-refractivity contribution in [3.63, 3.8) is 0 Å². The summed E-state index contributed by atoms with van der Waals surface area (Å²) in [5, 5.41) is 3.18. The zero-order chi connectivity index (χ0) is 14.0. The summed E-state index contributed by atoms with van der Waals surface area (Å²) in [7, 11) is 0. The van der Waals surface area contributed by atoms with Crippen molar-refractivity contribution in [3.05, 3.63) is 50.9 Å². The first-order chi connectivity index (χ1) is 8.99. The van der Waals surface area contributed by atoms with E-state index in [1.807, 2.05) is 18.2 Å². The number of halogens is 2. The van der Waals surface area contributed by atoms with Gasteiger partial charge in [-0.2, -0.15) is 0 Å². The molecular formula is C13H11Br2N3O. The van der Waals surface area contributed by atoms with Crippen LogP contribution in [-0.4, -0.2) is 5.91 Å². The molecule has 0 unspecified atom stereocenters. The Labute approximate surface area is 127 Å². The highest BCUT2D eigenvalue weighted by Crippen LogP contribution is 2.34. The van der Waals surface area contributed by atoms with Crippen LogP contribution < -0.4 is 16.8 Å². The van der Waals surface area contributed by atoms with Crippen molar-refractivity contribution in [3.8, 4) is 0 Å². The van der Waals surface area contributed by atoms with Gasteiger partial charge in [-0.05, 0) is 62.2 Å². The summed E-state index contributed by atoms with van der Waals surface area (Å²) in [4.78, 5) is 11.2. The van der Waals surface area contributed by atoms with E-state index in [1.54, 1.807) is 18.2 Å². The second kappa shape index (κ2) is 5.63. The summed E-state index contributed by atoms with van der Waals surface area (Å²) >= 11 is 6.90. The Morgan fingerprint density at radius 2 is 1.74 bits per heavy atom. The quantitative estimate of drug-likeness (QED) is 0.706. The second-order valence-corrected chi connectivity index (χ2v) is 5.60. The van der Waals surface area contributed by atoms with Crippen LogP contribution in [-0.2, 0) is 0 Å². The smallest absolute Gasteiger partial charge is 0.248 e. The Hall–Kier alpha value is -1.53. The van der Waals surface area contributed by atoms with Crippen molar-refractivity contribution in [2.75, 3.05) is 11.1 Å². The Balaban J connectivity index is 2.43. The van der Waals surface area contributed by atoms with Crippen LogP contribution in [0.15, 0.2) is 45.3 Å². The summed E-state index contributed by atoms with van der Waals surface area (Å²) in [5.41, 5.74) is 13.5. The van der Waals surface area contributed by atoms with Gasteiger partial charge in [0, 0.05) is 14.5 Å². The fraction of sp³-hybridized carbons (Fsp3) is 0. The van der Waals surface area contributed by atoms with E-state index in [2.05, 4.69) is 37.2 Å². The van der Waals surface area contributed by atoms with E-state index in [-0.39, 0.29) is 0 Å². The average Bonchev–Trinajstić information content (AvgIpc) is 2.35. The van der Waals surface area contributed by atoms with E-state index in [4.69, 9.17) is 11.5 Å². The van der Waals surface area contributed by atoms with E-state index < -0.39 is 5.91 Å². The van der Waals surface area contributed by atoms with Crippen molar-refractivity contribution in [1.82, 2.24) is 0 Å². The molecule has 0 spiro atoms. The lowest BCUT2D eigenvalue weighted by Crippen LogP contribution is -2.11. The number of para-hydroxylation sites is 1. The van der Waals surface area contributed by atoms with Crippen LogP contribution in [0.4, 0.5) is 17.1 Å². The fourth-order valence-corrected chi connectivity index (χ4v) is 2.77. The van der Waals surface area contributed by atoms with Crippen molar-refractivity contribution in [2.45, 2.75) is 0 Å². The Kier molecular flexibility index (Phi) is 4.11. The first kappa shape index (κ1) is 13.9. The van der Waals surface area contributed by atoms with Gasteiger partial charge in [-0.15, -0.1) is 0 Å². The molecule has 5 N–H and O–H groups in total. The van der Waals surface area contributed by atoms with Crippen LogP contribution in [0, 0.1) is 0 Å². The highest BCUT2D eigenvalue weighted by Gasteiger charge is 2.09. The third-order valence-electron chi connectivity index (χ3n) is 2.56. The van der Waals surface area contributed by atoms with Crippen LogP contribution in [0.3, 0.4) is 0 Å². The van der Waals surface area contributed by atoms with E-state index in [1.165, 1.54) is 0 Å². The van der Waals surface area contributed by atoms with Crippen LogP contribution in [0.5, 0.6) is 0 Å². The number of nitrogen functional groups attached to an aromatic ring is 1. The maximum atomic E-state index is 11.2. The lowest BCUT2D eigenvalue weighted by Gasteiger charge is -2.13. The van der Waals surface area contributed by atoms with Crippen molar-refractivity contribution < 1.29 is 4.79 Å². The molecule has 0 atom stereocenters. The number of benzene rings is 2. The molecule has 0 aromatic heterocycles. The molecule has 98 valence electrons. The first-order valence-corrected chi connectivity index (χ1v) is 6.98. The van der Waals surface area contributed by atoms with Crippen molar-refractivity contribution in [1.29, 1.82) is 0 Å². The Morgan fingerprint density at radius 1 is 1.11 bits per heavy atom. The Bertz CT molecular complexity index is 624. The minimum absolute atomic E-state index is 0.403. The zero-order valence-corrected chi connectivity index (χ0v) is 13.0. The molecule has 0 saturated heterocycles. The number of carbonyl (C=O) groups is 1. The molecule has 0 aliphatic heterocycles. The molecule has 6 heteroatoms. The molecule has 4 nitrogen and oxygen atoms in total. The molecule has 0 fully saturated rings. The average molecular weight is 385 g/mol. The number of primary amides is 1. The number of rotatable bonds is 3. The summed E-state index contributed by atoms with van der Waals surface area (Å²) in [5.74, 6) is -0.491. The maximum absolute atomic E-state index is 11.2. The number of amides is 1. The molecule has 0 saturated carbocycles. The predicted octanol–water partition coefficient (Wildman–Crippen LogP) is 3.64. The highest BCUT2D eigenvalue weighted by molar-refractivity contribution is 9.11. The van der Waals surface area contributed by atoms with E-state index in [9.17, 15) is 4.79 Å². The zero-order valence-electron chi connectivity index (χ0n) is 9.78. The second-order valence-electron chi connectivity index (χ2n) is 3.89. The molecule has 1 amide bonds. The SMILES string of the molecule is NC(=O)c1ccc(N)c(Nc2c(Br)cccc2Br)c1. The number of nitrogens with one attached hydrogen (secondary N) is 1. The van der Waals surface area contributed by atoms with Gasteiger partial charge in [0.15, 0.2) is 0 Å². The summed E-state index contributed by atoms with van der Waals surface area (Å²) in [6.45, 7) is 0. The van der Waals surface area contributed by atoms with Gasteiger partial charge >= 0.3 is 0 Å². The minimum Gasteiger partial charge on any atom is -0.397 e. The summed E-state index contributed by atoms with van der Waals surface area (Å²) in [6.07, 6.45) is 0. The van der Waals surface area contributed by atoms with Crippen LogP contribution in [0.1, 0.15) is 10.4 Å². The Morgan fingerprint density at radius 3 is 2.32 bits per heavy atom. The van der Waals surface area contributed by atoms with E-state index >= 15 is 0 Å². The number of hydrogen-bond donors (Lipinski definition) is 3. The lowest BCUT2D eigenvalue weighted by atomic mass is 10.1. The molecule has 2 rings (SSSR count). The van der Waals surface area contributed by atoms with Gasteiger partial charge in [-0.1, -0.05) is 6.07 Å². The van der Waals surface area contributed by atoms with Gasteiger partial charge in [0.25, 0.3) is 0 Å². The van der Waals surface area contributed by atoms with Gasteiger partial charge in [0.2, 0.25) is 5.91 Å². The van der Waals surface area contributed by atoms with Gasteiger partial charge in [0.1, 0.15) is 0 Å². The van der Waals surface area contributed by atoms with Crippen LogP contribution in [0.25, 0.3) is 0 Å². The number of anilines is 3. The molecule has 2 aromatic carbocycles. The molecule has 0 aliphatic rings. The number of nitrogens with two attached hydrogens (primary N) is 2.